The van der Waals surface area contributed by atoms with Crippen molar-refractivity contribution in [2.75, 3.05) is 31.7 Å². The van der Waals surface area contributed by atoms with Crippen LogP contribution in [0.3, 0.4) is 0 Å². The largest absolute Gasteiger partial charge is 0.388 e. The van der Waals surface area contributed by atoms with Gasteiger partial charge in [0.2, 0.25) is 0 Å². The Morgan fingerprint density at radius 1 is 1.44 bits per heavy atom. The Labute approximate surface area is 109 Å². The number of anilines is 1. The molecule has 1 aliphatic heterocycles. The first-order valence-electron chi connectivity index (χ1n) is 6.77. The molecule has 0 saturated carbocycles. The summed E-state index contributed by atoms with van der Waals surface area (Å²) in [7, 11) is 1.76. The summed E-state index contributed by atoms with van der Waals surface area (Å²) < 4.78 is 5.23. The molecule has 3 nitrogen and oxygen atoms in total. The molecule has 18 heavy (non-hydrogen) atoms. The predicted octanol–water partition coefficient (Wildman–Crippen LogP) is 2.60. The molecule has 1 aromatic carbocycles. The van der Waals surface area contributed by atoms with Gasteiger partial charge in [-0.25, -0.2) is 0 Å². The fourth-order valence-electron chi connectivity index (χ4n) is 2.70. The molecule has 0 amide bonds. The van der Waals surface area contributed by atoms with Crippen LogP contribution in [-0.4, -0.2) is 31.9 Å². The summed E-state index contributed by atoms with van der Waals surface area (Å²) in [5.41, 5.74) is 2.24. The fourth-order valence-corrected chi connectivity index (χ4v) is 2.70. The molecule has 1 saturated heterocycles. The maximum absolute atomic E-state index is 10.1. The van der Waals surface area contributed by atoms with Gasteiger partial charge in [0.25, 0.3) is 0 Å². The van der Waals surface area contributed by atoms with Crippen LogP contribution >= 0.6 is 0 Å². The smallest absolute Gasteiger partial charge is 0.0807 e. The van der Waals surface area contributed by atoms with Crippen LogP contribution < -0.4 is 4.90 Å². The van der Waals surface area contributed by atoms with Gasteiger partial charge in [0.1, 0.15) is 0 Å². The van der Waals surface area contributed by atoms with Crippen LogP contribution in [0.1, 0.15) is 31.4 Å². The molecule has 2 rings (SSSR count). The third-order valence-electron chi connectivity index (χ3n) is 3.71. The molecule has 0 aliphatic carbocycles. The number of hydrogen-bond acceptors (Lipinski definition) is 3. The monoisotopic (exact) mass is 249 g/mol. The Balaban J connectivity index is 2.14. The molecule has 1 unspecified atom stereocenters. The van der Waals surface area contributed by atoms with Crippen LogP contribution in [0.4, 0.5) is 5.69 Å². The van der Waals surface area contributed by atoms with Gasteiger partial charge < -0.3 is 14.7 Å². The number of methoxy groups -OCH3 is 1. The van der Waals surface area contributed by atoms with Gasteiger partial charge in [-0.15, -0.1) is 0 Å². The van der Waals surface area contributed by atoms with Gasteiger partial charge in [-0.2, -0.15) is 0 Å². The molecule has 0 bridgehead atoms. The van der Waals surface area contributed by atoms with Gasteiger partial charge >= 0.3 is 0 Å². The van der Waals surface area contributed by atoms with Crippen LogP contribution in [-0.2, 0) is 4.74 Å². The number of aliphatic hydroxyl groups is 1. The standard InChI is InChI=1S/C15H23NO2/c1-3-15(17)13-6-4-5-7-14(13)16-9-8-12(10-16)11-18-2/h4-7,12,15,17H,3,8-11H2,1-2H3/t12?,15-/m0/s1. The molecular formula is C15H23NO2. The van der Waals surface area contributed by atoms with E-state index in [-0.39, 0.29) is 6.10 Å². The molecule has 1 heterocycles. The highest BCUT2D eigenvalue weighted by molar-refractivity contribution is 5.55. The predicted molar refractivity (Wildman–Crippen MR) is 73.9 cm³/mol. The number of ether oxygens (including phenoxy) is 1. The van der Waals surface area contributed by atoms with E-state index < -0.39 is 0 Å². The van der Waals surface area contributed by atoms with E-state index in [4.69, 9.17) is 4.74 Å². The lowest BCUT2D eigenvalue weighted by Crippen LogP contribution is -2.22. The molecule has 1 aromatic rings. The Kier molecular flexibility index (Phi) is 4.61. The minimum absolute atomic E-state index is 0.359. The van der Waals surface area contributed by atoms with Crippen molar-refractivity contribution in [1.82, 2.24) is 0 Å². The first kappa shape index (κ1) is 13.4. The summed E-state index contributed by atoms with van der Waals surface area (Å²) in [5.74, 6) is 0.613. The molecular weight excluding hydrogens is 226 g/mol. The zero-order valence-electron chi connectivity index (χ0n) is 11.3. The second-order valence-corrected chi connectivity index (χ2v) is 5.04. The molecule has 1 N–H and O–H groups in total. The van der Waals surface area contributed by atoms with Gasteiger partial charge in [0.05, 0.1) is 12.7 Å². The third kappa shape index (κ3) is 2.85. The summed E-state index contributed by atoms with van der Waals surface area (Å²) in [4.78, 5) is 2.37. The maximum Gasteiger partial charge on any atom is 0.0807 e. The van der Waals surface area contributed by atoms with Crippen molar-refractivity contribution in [3.05, 3.63) is 29.8 Å². The van der Waals surface area contributed by atoms with Crippen molar-refractivity contribution in [2.45, 2.75) is 25.9 Å². The van der Waals surface area contributed by atoms with Gasteiger partial charge in [0.15, 0.2) is 0 Å². The van der Waals surface area contributed by atoms with E-state index in [0.29, 0.717) is 5.92 Å². The first-order chi connectivity index (χ1) is 8.76. The lowest BCUT2D eigenvalue weighted by molar-refractivity contribution is 0.160. The van der Waals surface area contributed by atoms with Gasteiger partial charge in [-0.3, -0.25) is 0 Å². The van der Waals surface area contributed by atoms with Crippen molar-refractivity contribution >= 4 is 5.69 Å². The Bertz CT molecular complexity index is 381. The van der Waals surface area contributed by atoms with Crippen molar-refractivity contribution in [2.24, 2.45) is 5.92 Å². The van der Waals surface area contributed by atoms with Gasteiger partial charge in [-0.05, 0) is 18.9 Å². The molecule has 3 heteroatoms. The lowest BCUT2D eigenvalue weighted by Gasteiger charge is -2.24. The fraction of sp³-hybridized carbons (Fsp3) is 0.600. The van der Waals surface area contributed by atoms with Crippen LogP contribution in [0, 0.1) is 5.92 Å². The van der Waals surface area contributed by atoms with Crippen molar-refractivity contribution in [3.63, 3.8) is 0 Å². The first-order valence-corrected chi connectivity index (χ1v) is 6.77. The lowest BCUT2D eigenvalue weighted by atomic mass is 10.0. The number of nitrogens with zero attached hydrogens (tertiary/aromatic N) is 1. The average Bonchev–Trinajstić information content (AvgIpc) is 2.87. The molecule has 100 valence electrons. The van der Waals surface area contributed by atoms with Crippen LogP contribution in [0.15, 0.2) is 24.3 Å². The van der Waals surface area contributed by atoms with E-state index in [0.717, 1.165) is 31.7 Å². The van der Waals surface area contributed by atoms with Gasteiger partial charge in [0, 0.05) is 37.4 Å². The quantitative estimate of drug-likeness (QED) is 0.870. The zero-order chi connectivity index (χ0) is 13.0. The van der Waals surface area contributed by atoms with Crippen LogP contribution in [0.5, 0.6) is 0 Å². The summed E-state index contributed by atoms with van der Waals surface area (Å²) in [5, 5.41) is 10.1. The number of aliphatic hydroxyl groups excluding tert-OH is 1. The summed E-state index contributed by atoms with van der Waals surface area (Å²) in [6.45, 7) is 4.93. The van der Waals surface area contributed by atoms with E-state index in [2.05, 4.69) is 11.0 Å². The summed E-state index contributed by atoms with van der Waals surface area (Å²) in [6, 6.07) is 8.20. The minimum atomic E-state index is -0.359. The van der Waals surface area contributed by atoms with Crippen molar-refractivity contribution in [3.8, 4) is 0 Å². The molecule has 2 atom stereocenters. The highest BCUT2D eigenvalue weighted by atomic mass is 16.5. The van der Waals surface area contributed by atoms with E-state index >= 15 is 0 Å². The Hall–Kier alpha value is -1.06. The van der Waals surface area contributed by atoms with Crippen molar-refractivity contribution < 1.29 is 9.84 Å². The maximum atomic E-state index is 10.1. The highest BCUT2D eigenvalue weighted by Gasteiger charge is 2.25. The van der Waals surface area contributed by atoms with E-state index in [1.54, 1.807) is 7.11 Å². The molecule has 0 spiro atoms. The number of benzene rings is 1. The average molecular weight is 249 g/mol. The van der Waals surface area contributed by atoms with E-state index in [1.165, 1.54) is 12.1 Å². The molecule has 0 radical (unpaired) electrons. The number of para-hydroxylation sites is 1. The van der Waals surface area contributed by atoms with E-state index in [1.807, 2.05) is 25.1 Å². The topological polar surface area (TPSA) is 32.7 Å². The highest BCUT2D eigenvalue weighted by Crippen LogP contribution is 2.31. The molecule has 0 aromatic heterocycles. The molecule has 1 fully saturated rings. The van der Waals surface area contributed by atoms with E-state index in [9.17, 15) is 5.11 Å². The summed E-state index contributed by atoms with van der Waals surface area (Å²) >= 11 is 0. The van der Waals surface area contributed by atoms with Gasteiger partial charge in [-0.1, -0.05) is 25.1 Å². The van der Waals surface area contributed by atoms with Crippen molar-refractivity contribution in [1.29, 1.82) is 0 Å². The minimum Gasteiger partial charge on any atom is -0.388 e. The Morgan fingerprint density at radius 3 is 2.94 bits per heavy atom. The van der Waals surface area contributed by atoms with Crippen LogP contribution in [0.25, 0.3) is 0 Å². The Morgan fingerprint density at radius 2 is 2.22 bits per heavy atom. The second-order valence-electron chi connectivity index (χ2n) is 5.04. The number of rotatable bonds is 5. The normalized spacial score (nSPS) is 21.3. The zero-order valence-corrected chi connectivity index (χ0v) is 11.3. The SMILES string of the molecule is CC[C@H](O)c1ccccc1N1CCC(COC)C1. The second kappa shape index (κ2) is 6.21. The molecule has 1 aliphatic rings. The summed E-state index contributed by atoms with van der Waals surface area (Å²) in [6.07, 6.45) is 1.57. The van der Waals surface area contributed by atoms with Crippen LogP contribution in [0.2, 0.25) is 0 Å². The number of hydrogen-bond donors (Lipinski definition) is 1. The third-order valence-corrected chi connectivity index (χ3v) is 3.71.